The molecule has 3 heterocycles. The van der Waals surface area contributed by atoms with Crippen molar-refractivity contribution >= 4 is 22.9 Å². The first-order valence-electron chi connectivity index (χ1n) is 9.54. The molecule has 2 aromatic rings. The first-order chi connectivity index (χ1) is 13.2. The molecular formula is C19H28N6O3. The maximum absolute atomic E-state index is 13.0. The molecule has 1 saturated heterocycles. The number of nitrogens with two attached hydrogens (primary N) is 1. The minimum Gasteiger partial charge on any atom is -0.341 e. The van der Waals surface area contributed by atoms with E-state index in [-0.39, 0.29) is 24.0 Å². The number of ketones is 1. The number of Topliss-reactive ketones (excluding diaryl/α,β-unsaturated/α-hetero) is 1. The van der Waals surface area contributed by atoms with Crippen LogP contribution in [0.2, 0.25) is 0 Å². The van der Waals surface area contributed by atoms with Gasteiger partial charge in [0.05, 0.1) is 6.54 Å². The molecule has 0 saturated carbocycles. The molecular weight excluding hydrogens is 360 g/mol. The lowest BCUT2D eigenvalue weighted by Gasteiger charge is -2.31. The summed E-state index contributed by atoms with van der Waals surface area (Å²) in [5.74, 6) is 0.435. The van der Waals surface area contributed by atoms with Crippen LogP contribution in [0.25, 0.3) is 11.2 Å². The maximum atomic E-state index is 13.0. The smallest absolute Gasteiger partial charge is 0.332 e. The van der Waals surface area contributed by atoms with Crippen LogP contribution < -0.4 is 21.9 Å². The van der Waals surface area contributed by atoms with Crippen molar-refractivity contribution in [2.24, 2.45) is 12.8 Å². The van der Waals surface area contributed by atoms with Gasteiger partial charge in [0, 0.05) is 32.7 Å². The minimum absolute atomic E-state index is 0.0349. The first-order valence-corrected chi connectivity index (χ1v) is 9.54. The Morgan fingerprint density at radius 1 is 1.25 bits per heavy atom. The van der Waals surface area contributed by atoms with E-state index in [1.807, 2.05) is 24.5 Å². The Morgan fingerprint density at radius 2 is 1.96 bits per heavy atom. The molecule has 9 heteroatoms. The summed E-state index contributed by atoms with van der Waals surface area (Å²) >= 11 is 0. The number of anilines is 1. The fraction of sp³-hybridized carbons (Fsp3) is 0.579. The standard InChI is InChI=1S/C19H28N6O3/c1-12(2)7-9-24-15-16(21-18(24)23-8-5-6-14(20)11-23)25(10-13(3)26)19(28)22(4)17(15)27/h7,14H,5-6,8-11,20H2,1-4H3. The number of carbonyl (C=O) groups is 1. The van der Waals surface area contributed by atoms with E-state index < -0.39 is 11.2 Å². The van der Waals surface area contributed by atoms with E-state index >= 15 is 0 Å². The Morgan fingerprint density at radius 3 is 2.57 bits per heavy atom. The van der Waals surface area contributed by atoms with Crippen LogP contribution in [0, 0.1) is 0 Å². The zero-order chi connectivity index (χ0) is 20.6. The molecule has 0 aliphatic carbocycles. The lowest BCUT2D eigenvalue weighted by atomic mass is 10.1. The average molecular weight is 388 g/mol. The van der Waals surface area contributed by atoms with E-state index in [0.29, 0.717) is 24.6 Å². The Labute approximate surface area is 163 Å². The SMILES string of the molecule is CC(=O)Cn1c(=O)n(C)c(=O)c2c1nc(N1CCCC(N)C1)n2CC=C(C)C. The van der Waals surface area contributed by atoms with Crippen LogP contribution in [0.5, 0.6) is 0 Å². The van der Waals surface area contributed by atoms with E-state index in [9.17, 15) is 14.4 Å². The Kier molecular flexibility index (Phi) is 5.55. The van der Waals surface area contributed by atoms with Crippen LogP contribution in [0.1, 0.15) is 33.6 Å². The second kappa shape index (κ2) is 7.75. The van der Waals surface area contributed by atoms with Crippen molar-refractivity contribution in [3.05, 3.63) is 32.5 Å². The highest BCUT2D eigenvalue weighted by Crippen LogP contribution is 2.23. The fourth-order valence-electron chi connectivity index (χ4n) is 3.59. The van der Waals surface area contributed by atoms with Gasteiger partial charge in [-0.1, -0.05) is 11.6 Å². The molecule has 28 heavy (non-hydrogen) atoms. The third-order valence-corrected chi connectivity index (χ3v) is 5.01. The van der Waals surface area contributed by atoms with Crippen molar-refractivity contribution in [1.29, 1.82) is 0 Å². The van der Waals surface area contributed by atoms with Gasteiger partial charge in [0.15, 0.2) is 11.2 Å². The largest absolute Gasteiger partial charge is 0.341 e. The highest BCUT2D eigenvalue weighted by Gasteiger charge is 2.26. The van der Waals surface area contributed by atoms with Gasteiger partial charge in [0.2, 0.25) is 5.95 Å². The molecule has 1 aliphatic heterocycles. The minimum atomic E-state index is -0.540. The van der Waals surface area contributed by atoms with Crippen molar-refractivity contribution in [1.82, 2.24) is 18.7 Å². The fourth-order valence-corrected chi connectivity index (χ4v) is 3.59. The van der Waals surface area contributed by atoms with Crippen LogP contribution in [-0.4, -0.2) is 43.6 Å². The molecule has 152 valence electrons. The quantitative estimate of drug-likeness (QED) is 0.742. The normalized spacial score (nSPS) is 17.2. The van der Waals surface area contributed by atoms with Crippen LogP contribution >= 0.6 is 0 Å². The summed E-state index contributed by atoms with van der Waals surface area (Å²) in [5.41, 5.74) is 6.88. The van der Waals surface area contributed by atoms with Gasteiger partial charge in [0.1, 0.15) is 5.78 Å². The van der Waals surface area contributed by atoms with Gasteiger partial charge in [-0.2, -0.15) is 4.98 Å². The van der Waals surface area contributed by atoms with Gasteiger partial charge < -0.3 is 15.2 Å². The number of carbonyl (C=O) groups excluding carboxylic acids is 1. The molecule has 0 spiro atoms. The zero-order valence-electron chi connectivity index (χ0n) is 16.9. The predicted octanol–water partition coefficient (Wildman–Crippen LogP) is 0.379. The third kappa shape index (κ3) is 3.66. The predicted molar refractivity (Wildman–Crippen MR) is 109 cm³/mol. The second-order valence-corrected chi connectivity index (χ2v) is 7.76. The molecule has 3 rings (SSSR count). The first kappa shape index (κ1) is 20.1. The monoisotopic (exact) mass is 388 g/mol. The highest BCUT2D eigenvalue weighted by molar-refractivity contribution is 5.79. The van der Waals surface area contributed by atoms with Crippen LogP contribution in [-0.2, 0) is 24.9 Å². The molecule has 0 radical (unpaired) electrons. The van der Waals surface area contributed by atoms with Gasteiger partial charge in [-0.3, -0.25) is 18.7 Å². The van der Waals surface area contributed by atoms with Gasteiger partial charge >= 0.3 is 5.69 Å². The lowest BCUT2D eigenvalue weighted by molar-refractivity contribution is -0.117. The number of hydrogen-bond acceptors (Lipinski definition) is 6. The van der Waals surface area contributed by atoms with E-state index in [1.165, 1.54) is 18.5 Å². The summed E-state index contributed by atoms with van der Waals surface area (Å²) < 4.78 is 4.15. The van der Waals surface area contributed by atoms with Crippen LogP contribution in [0.4, 0.5) is 5.95 Å². The summed E-state index contributed by atoms with van der Waals surface area (Å²) in [6, 6.07) is 0.0349. The third-order valence-electron chi connectivity index (χ3n) is 5.01. The second-order valence-electron chi connectivity index (χ2n) is 7.76. The van der Waals surface area contributed by atoms with Gasteiger partial charge in [-0.05, 0) is 33.6 Å². The number of aromatic nitrogens is 4. The van der Waals surface area contributed by atoms with E-state index in [2.05, 4.69) is 9.88 Å². The van der Waals surface area contributed by atoms with Crippen molar-refractivity contribution in [3.8, 4) is 0 Å². The molecule has 1 atom stereocenters. The van der Waals surface area contributed by atoms with Crippen molar-refractivity contribution < 1.29 is 4.79 Å². The van der Waals surface area contributed by atoms with E-state index in [4.69, 9.17) is 5.73 Å². The molecule has 1 aliphatic rings. The van der Waals surface area contributed by atoms with Crippen LogP contribution in [0.3, 0.4) is 0 Å². The van der Waals surface area contributed by atoms with Crippen molar-refractivity contribution in [2.45, 2.75) is 52.7 Å². The summed E-state index contributed by atoms with van der Waals surface area (Å²) in [4.78, 5) is 44.1. The summed E-state index contributed by atoms with van der Waals surface area (Å²) in [6.45, 7) is 7.13. The highest BCUT2D eigenvalue weighted by atomic mass is 16.2. The average Bonchev–Trinajstić information content (AvgIpc) is 3.01. The van der Waals surface area contributed by atoms with Gasteiger partial charge in [-0.15, -0.1) is 0 Å². The molecule has 1 fully saturated rings. The Hall–Kier alpha value is -2.68. The Bertz CT molecular complexity index is 1050. The molecule has 1 unspecified atom stereocenters. The number of imidazole rings is 1. The number of piperidine rings is 1. The number of nitrogens with zero attached hydrogens (tertiary/aromatic N) is 5. The zero-order valence-corrected chi connectivity index (χ0v) is 16.9. The Balaban J connectivity index is 2.32. The van der Waals surface area contributed by atoms with Crippen LogP contribution in [0.15, 0.2) is 21.2 Å². The summed E-state index contributed by atoms with van der Waals surface area (Å²) in [6.07, 6.45) is 3.89. The van der Waals surface area contributed by atoms with E-state index in [1.54, 1.807) is 0 Å². The van der Waals surface area contributed by atoms with Crippen molar-refractivity contribution in [3.63, 3.8) is 0 Å². The molecule has 0 amide bonds. The number of hydrogen-bond donors (Lipinski definition) is 1. The number of allylic oxidation sites excluding steroid dienone is 2. The molecule has 9 nitrogen and oxygen atoms in total. The molecule has 2 aromatic heterocycles. The van der Waals surface area contributed by atoms with E-state index in [0.717, 1.165) is 29.5 Å². The molecule has 2 N–H and O–H groups in total. The number of rotatable bonds is 5. The van der Waals surface area contributed by atoms with Gasteiger partial charge in [-0.25, -0.2) is 4.79 Å². The summed E-state index contributed by atoms with van der Waals surface area (Å²) in [7, 11) is 1.43. The van der Waals surface area contributed by atoms with Gasteiger partial charge in [0.25, 0.3) is 5.56 Å². The van der Waals surface area contributed by atoms with Crippen molar-refractivity contribution in [2.75, 3.05) is 18.0 Å². The number of fused-ring (bicyclic) bond motifs is 1. The summed E-state index contributed by atoms with van der Waals surface area (Å²) in [5, 5.41) is 0. The topological polar surface area (TPSA) is 108 Å². The maximum Gasteiger partial charge on any atom is 0.332 e. The molecule has 0 aromatic carbocycles. The molecule has 0 bridgehead atoms. The lowest BCUT2D eigenvalue weighted by Crippen LogP contribution is -2.44.